The Bertz CT molecular complexity index is 721. The van der Waals surface area contributed by atoms with E-state index in [1.807, 2.05) is 45.0 Å². The van der Waals surface area contributed by atoms with E-state index < -0.39 is 0 Å². The highest BCUT2D eigenvalue weighted by Crippen LogP contribution is 2.32. The van der Waals surface area contributed by atoms with Crippen molar-refractivity contribution in [3.63, 3.8) is 0 Å². The lowest BCUT2D eigenvalue weighted by Crippen LogP contribution is -2.48. The zero-order valence-corrected chi connectivity index (χ0v) is 15.6. The molecule has 0 aliphatic carbocycles. The van der Waals surface area contributed by atoms with E-state index in [1.165, 1.54) is 0 Å². The molecule has 3 rings (SSSR count). The number of amides is 2. The van der Waals surface area contributed by atoms with Crippen LogP contribution in [-0.2, 0) is 0 Å². The molecule has 2 heterocycles. The Morgan fingerprint density at radius 3 is 2.71 bits per heavy atom. The number of rotatable bonds is 2. The molecule has 6 nitrogen and oxygen atoms in total. The van der Waals surface area contributed by atoms with Gasteiger partial charge in [0.2, 0.25) is 11.7 Å². The molecule has 1 saturated heterocycles. The average molecular weight is 393 g/mol. The second kappa shape index (κ2) is 6.55. The minimum atomic E-state index is -0.276. The molecular weight excluding hydrogens is 372 g/mol. The van der Waals surface area contributed by atoms with Gasteiger partial charge < -0.3 is 14.7 Å². The molecule has 1 aromatic heterocycles. The van der Waals surface area contributed by atoms with Gasteiger partial charge in [-0.05, 0) is 57.9 Å². The Labute approximate surface area is 149 Å². The van der Waals surface area contributed by atoms with E-state index >= 15 is 0 Å². The molecule has 24 heavy (non-hydrogen) atoms. The van der Waals surface area contributed by atoms with Crippen LogP contribution in [0.4, 0.5) is 4.79 Å². The number of benzene rings is 1. The number of likely N-dealkylation sites (tertiary alicyclic amines) is 1. The van der Waals surface area contributed by atoms with Crippen molar-refractivity contribution < 1.29 is 9.32 Å². The molecular formula is C17H21BrN4O2. The van der Waals surface area contributed by atoms with Gasteiger partial charge in [0.25, 0.3) is 0 Å². The summed E-state index contributed by atoms with van der Waals surface area (Å²) in [4.78, 5) is 18.8. The predicted molar refractivity (Wildman–Crippen MR) is 94.4 cm³/mol. The van der Waals surface area contributed by atoms with Gasteiger partial charge in [0.1, 0.15) is 6.04 Å². The molecule has 1 N–H and O–H groups in total. The van der Waals surface area contributed by atoms with Gasteiger partial charge in [-0.1, -0.05) is 21.1 Å². The molecule has 1 fully saturated rings. The molecule has 1 unspecified atom stereocenters. The summed E-state index contributed by atoms with van der Waals surface area (Å²) in [6, 6.07) is 7.47. The van der Waals surface area contributed by atoms with Crippen LogP contribution >= 0.6 is 15.9 Å². The molecule has 7 heteroatoms. The van der Waals surface area contributed by atoms with Gasteiger partial charge in [-0.25, -0.2) is 4.79 Å². The first-order valence-corrected chi connectivity index (χ1v) is 8.81. The molecule has 128 valence electrons. The summed E-state index contributed by atoms with van der Waals surface area (Å²) in [5.74, 6) is 1.04. The number of aromatic nitrogens is 2. The van der Waals surface area contributed by atoms with E-state index in [-0.39, 0.29) is 17.6 Å². The Morgan fingerprint density at radius 1 is 1.33 bits per heavy atom. The van der Waals surface area contributed by atoms with E-state index in [1.54, 1.807) is 4.90 Å². The number of hydrogen-bond acceptors (Lipinski definition) is 4. The third kappa shape index (κ3) is 3.77. The zero-order valence-electron chi connectivity index (χ0n) is 14.0. The van der Waals surface area contributed by atoms with Crippen LogP contribution in [-0.4, -0.2) is 33.2 Å². The molecule has 2 aromatic rings. The van der Waals surface area contributed by atoms with E-state index in [2.05, 4.69) is 31.4 Å². The molecule has 1 aromatic carbocycles. The summed E-state index contributed by atoms with van der Waals surface area (Å²) in [7, 11) is 0. The normalized spacial score (nSPS) is 18.0. The predicted octanol–water partition coefficient (Wildman–Crippen LogP) is 4.14. The minimum Gasteiger partial charge on any atom is -0.337 e. The molecule has 2 amide bonds. The lowest BCUT2D eigenvalue weighted by molar-refractivity contribution is 0.172. The summed E-state index contributed by atoms with van der Waals surface area (Å²) in [5.41, 5.74) is 0.610. The number of hydrogen-bond donors (Lipinski definition) is 1. The standard InChI is InChI=1S/C17H21BrN4O2/c1-17(2,3)20-16(23)22-10-4-5-13(22)15-19-14(21-24-15)11-6-8-12(18)9-7-11/h6-9,13H,4-5,10H2,1-3H3,(H,20,23). The Kier molecular flexibility index (Phi) is 4.62. The van der Waals surface area contributed by atoms with Crippen LogP contribution in [0.5, 0.6) is 0 Å². The van der Waals surface area contributed by atoms with Crippen LogP contribution in [0, 0.1) is 0 Å². The highest BCUT2D eigenvalue weighted by molar-refractivity contribution is 9.10. The summed E-state index contributed by atoms with van der Waals surface area (Å²) < 4.78 is 6.45. The van der Waals surface area contributed by atoms with Crippen molar-refractivity contribution in [2.24, 2.45) is 0 Å². The van der Waals surface area contributed by atoms with E-state index in [0.717, 1.165) is 22.9 Å². The molecule has 1 aliphatic rings. The van der Waals surface area contributed by atoms with Gasteiger partial charge in [0.05, 0.1) is 0 Å². The number of urea groups is 1. The largest absolute Gasteiger partial charge is 0.337 e. The second-order valence-electron chi connectivity index (χ2n) is 6.99. The molecule has 0 radical (unpaired) electrons. The fourth-order valence-corrected chi connectivity index (χ4v) is 3.01. The van der Waals surface area contributed by atoms with Crippen LogP contribution in [0.1, 0.15) is 45.5 Å². The van der Waals surface area contributed by atoms with Crippen molar-refractivity contribution in [2.75, 3.05) is 6.54 Å². The molecule has 0 bridgehead atoms. The first kappa shape index (κ1) is 17.0. The number of halogens is 1. The first-order chi connectivity index (χ1) is 11.3. The minimum absolute atomic E-state index is 0.0895. The highest BCUT2D eigenvalue weighted by atomic mass is 79.9. The van der Waals surface area contributed by atoms with Crippen LogP contribution < -0.4 is 5.32 Å². The number of nitrogens with one attached hydrogen (secondary N) is 1. The lowest BCUT2D eigenvalue weighted by atomic mass is 10.1. The van der Waals surface area contributed by atoms with Crippen molar-refractivity contribution in [1.82, 2.24) is 20.4 Å². The van der Waals surface area contributed by atoms with E-state index in [9.17, 15) is 4.79 Å². The average Bonchev–Trinajstić information content (AvgIpc) is 3.15. The Morgan fingerprint density at radius 2 is 2.04 bits per heavy atom. The summed E-state index contributed by atoms with van der Waals surface area (Å²) >= 11 is 3.41. The third-order valence-corrected chi connectivity index (χ3v) is 4.35. The number of carbonyl (C=O) groups is 1. The number of carbonyl (C=O) groups excluding carboxylic acids is 1. The Hall–Kier alpha value is -1.89. The van der Waals surface area contributed by atoms with Crippen LogP contribution in [0.25, 0.3) is 11.4 Å². The molecule has 1 atom stereocenters. The van der Waals surface area contributed by atoms with Gasteiger partial charge in [-0.3, -0.25) is 0 Å². The molecule has 1 aliphatic heterocycles. The monoisotopic (exact) mass is 392 g/mol. The van der Waals surface area contributed by atoms with E-state index in [4.69, 9.17) is 4.52 Å². The van der Waals surface area contributed by atoms with Gasteiger partial charge in [-0.15, -0.1) is 0 Å². The fourth-order valence-electron chi connectivity index (χ4n) is 2.75. The highest BCUT2D eigenvalue weighted by Gasteiger charge is 2.35. The first-order valence-electron chi connectivity index (χ1n) is 8.02. The van der Waals surface area contributed by atoms with Gasteiger partial charge in [0.15, 0.2) is 0 Å². The van der Waals surface area contributed by atoms with Crippen molar-refractivity contribution in [3.05, 3.63) is 34.6 Å². The summed E-state index contributed by atoms with van der Waals surface area (Å²) in [5, 5.41) is 7.07. The van der Waals surface area contributed by atoms with Crippen molar-refractivity contribution >= 4 is 22.0 Å². The SMILES string of the molecule is CC(C)(C)NC(=O)N1CCCC1c1nc(-c2ccc(Br)cc2)no1. The maximum Gasteiger partial charge on any atom is 0.318 e. The number of nitrogens with zero attached hydrogens (tertiary/aromatic N) is 3. The van der Waals surface area contributed by atoms with Crippen LogP contribution in [0.3, 0.4) is 0 Å². The topological polar surface area (TPSA) is 71.3 Å². The molecule has 0 spiro atoms. The van der Waals surface area contributed by atoms with Gasteiger partial charge in [-0.2, -0.15) is 4.98 Å². The fraction of sp³-hybridized carbons (Fsp3) is 0.471. The van der Waals surface area contributed by atoms with E-state index in [0.29, 0.717) is 18.3 Å². The maximum absolute atomic E-state index is 12.5. The van der Waals surface area contributed by atoms with Crippen LogP contribution in [0.2, 0.25) is 0 Å². The third-order valence-electron chi connectivity index (χ3n) is 3.82. The van der Waals surface area contributed by atoms with Crippen molar-refractivity contribution in [1.29, 1.82) is 0 Å². The van der Waals surface area contributed by atoms with Crippen LogP contribution in [0.15, 0.2) is 33.3 Å². The van der Waals surface area contributed by atoms with Crippen molar-refractivity contribution in [2.45, 2.75) is 45.2 Å². The zero-order chi connectivity index (χ0) is 17.3. The second-order valence-corrected chi connectivity index (χ2v) is 7.91. The quantitative estimate of drug-likeness (QED) is 0.833. The van der Waals surface area contributed by atoms with Crippen molar-refractivity contribution in [3.8, 4) is 11.4 Å². The van der Waals surface area contributed by atoms with Gasteiger partial charge >= 0.3 is 6.03 Å². The Balaban J connectivity index is 1.78. The lowest BCUT2D eigenvalue weighted by Gasteiger charge is -2.28. The summed E-state index contributed by atoms with van der Waals surface area (Å²) in [6.07, 6.45) is 1.76. The maximum atomic E-state index is 12.5. The molecule has 0 saturated carbocycles. The smallest absolute Gasteiger partial charge is 0.318 e. The van der Waals surface area contributed by atoms with Gasteiger partial charge in [0, 0.05) is 22.1 Å². The summed E-state index contributed by atoms with van der Waals surface area (Å²) in [6.45, 7) is 6.60.